The summed E-state index contributed by atoms with van der Waals surface area (Å²) < 4.78 is 8.48. The third kappa shape index (κ3) is 4.89. The summed E-state index contributed by atoms with van der Waals surface area (Å²) in [5.74, 6) is -0.247. The minimum Gasteiger partial charge on any atom is -0.489 e. The molecule has 1 aromatic heterocycles. The van der Waals surface area contributed by atoms with Gasteiger partial charge in [0.15, 0.2) is 0 Å². The maximum atomic E-state index is 12.2. The topological polar surface area (TPSA) is 51.5 Å². The number of fused-ring (bicyclic) bond motifs is 2. The second-order valence-electron chi connectivity index (χ2n) is 10.6. The van der Waals surface area contributed by atoms with Crippen LogP contribution in [0.25, 0.3) is 21.7 Å². The highest BCUT2D eigenvalue weighted by molar-refractivity contribution is 6.30. The fourth-order valence-electron chi connectivity index (χ4n) is 5.13. The number of hydrogen-bond donors (Lipinski definition) is 1. The Labute approximate surface area is 228 Å². The summed E-state index contributed by atoms with van der Waals surface area (Å²) in [5, 5.41) is 14.2. The number of rotatable bonds is 8. The molecule has 0 spiro atoms. The molecule has 0 bridgehead atoms. The largest absolute Gasteiger partial charge is 0.489 e. The quantitative estimate of drug-likeness (QED) is 0.220. The molecule has 1 unspecified atom stereocenters. The van der Waals surface area contributed by atoms with Crippen molar-refractivity contribution in [2.75, 3.05) is 0 Å². The first kappa shape index (κ1) is 25.9. The van der Waals surface area contributed by atoms with Crippen LogP contribution in [0, 0.1) is 12.3 Å². The number of aliphatic carboxylic acids is 1. The van der Waals surface area contributed by atoms with Gasteiger partial charge < -0.3 is 14.4 Å². The van der Waals surface area contributed by atoms with Gasteiger partial charge in [0.05, 0.1) is 5.41 Å². The summed E-state index contributed by atoms with van der Waals surface area (Å²) in [7, 11) is 0. The second-order valence-corrected chi connectivity index (χ2v) is 11.1. The van der Waals surface area contributed by atoms with Gasteiger partial charge in [-0.1, -0.05) is 67.1 Å². The molecule has 1 atom stereocenters. The monoisotopic (exact) mass is 525 g/mol. The number of carboxylic acids is 1. The number of carbonyl (C=O) groups is 1. The standard InChI is InChI=1S/C33H32ClNO3/c1-21-29-18-28(38-20-24-9-12-25-7-5-6-8-26(25)17-24)15-16-30(29)35(19-23-10-13-27(34)14-11-23)31(21)22(2)33(3,4)32(36)37/h5-18,22H,19-20H2,1-4H3,(H,36,37). The summed E-state index contributed by atoms with van der Waals surface area (Å²) in [6, 6.07) is 28.6. The van der Waals surface area contributed by atoms with E-state index < -0.39 is 11.4 Å². The van der Waals surface area contributed by atoms with Gasteiger partial charge in [-0.15, -0.1) is 0 Å². The summed E-state index contributed by atoms with van der Waals surface area (Å²) in [5.41, 5.74) is 4.43. The molecule has 5 heteroatoms. The fraction of sp³-hybridized carbons (Fsp3) is 0.242. The van der Waals surface area contributed by atoms with E-state index in [0.717, 1.165) is 39.0 Å². The SMILES string of the molecule is Cc1c(C(C)C(C)(C)C(=O)O)n(Cc2ccc(Cl)cc2)c2ccc(OCc3ccc4ccccc4c3)cc12. The second kappa shape index (κ2) is 10.2. The fourth-order valence-corrected chi connectivity index (χ4v) is 5.26. The molecule has 0 radical (unpaired) electrons. The maximum Gasteiger partial charge on any atom is 0.309 e. The van der Waals surface area contributed by atoms with Gasteiger partial charge in [-0.25, -0.2) is 0 Å². The normalized spacial score (nSPS) is 12.7. The van der Waals surface area contributed by atoms with E-state index in [2.05, 4.69) is 54.0 Å². The van der Waals surface area contributed by atoms with Crippen LogP contribution in [0.3, 0.4) is 0 Å². The number of ether oxygens (including phenoxy) is 1. The Morgan fingerprint density at radius 1 is 0.947 bits per heavy atom. The maximum absolute atomic E-state index is 12.2. The Bertz CT molecular complexity index is 1630. The predicted octanol–water partition coefficient (Wildman–Crippen LogP) is 8.60. The van der Waals surface area contributed by atoms with Crippen molar-refractivity contribution in [3.63, 3.8) is 0 Å². The molecule has 0 aliphatic heterocycles. The van der Waals surface area contributed by atoms with Crippen LogP contribution in [0.2, 0.25) is 5.02 Å². The lowest BCUT2D eigenvalue weighted by molar-refractivity contribution is -0.148. The highest BCUT2D eigenvalue weighted by atomic mass is 35.5. The average molecular weight is 526 g/mol. The molecule has 0 saturated carbocycles. The van der Waals surface area contributed by atoms with E-state index in [1.54, 1.807) is 13.8 Å². The zero-order chi connectivity index (χ0) is 27.0. The molecule has 4 nitrogen and oxygen atoms in total. The molecule has 1 heterocycles. The van der Waals surface area contributed by atoms with E-state index in [0.29, 0.717) is 18.2 Å². The minimum absolute atomic E-state index is 0.221. The van der Waals surface area contributed by atoms with E-state index in [4.69, 9.17) is 16.3 Å². The molecule has 5 aromatic rings. The lowest BCUT2D eigenvalue weighted by Crippen LogP contribution is -2.31. The van der Waals surface area contributed by atoms with Crippen molar-refractivity contribution in [3.8, 4) is 5.75 Å². The van der Waals surface area contributed by atoms with Crippen molar-refractivity contribution >= 4 is 39.2 Å². The summed E-state index contributed by atoms with van der Waals surface area (Å²) in [6.07, 6.45) is 0. The Kier molecular flexibility index (Phi) is 6.93. The van der Waals surface area contributed by atoms with Crippen LogP contribution in [0.5, 0.6) is 5.75 Å². The average Bonchev–Trinajstić information content (AvgIpc) is 3.18. The smallest absolute Gasteiger partial charge is 0.309 e. The van der Waals surface area contributed by atoms with Crippen molar-refractivity contribution in [1.82, 2.24) is 4.57 Å². The van der Waals surface area contributed by atoms with Crippen LogP contribution in [0.1, 0.15) is 49.1 Å². The summed E-state index contributed by atoms with van der Waals surface area (Å²) in [4.78, 5) is 12.2. The third-order valence-corrected chi connectivity index (χ3v) is 8.11. The molecule has 0 aliphatic carbocycles. The third-order valence-electron chi connectivity index (χ3n) is 7.86. The van der Waals surface area contributed by atoms with Crippen LogP contribution < -0.4 is 4.74 Å². The predicted molar refractivity (Wildman–Crippen MR) is 155 cm³/mol. The van der Waals surface area contributed by atoms with Gasteiger partial charge >= 0.3 is 5.97 Å². The first-order valence-corrected chi connectivity index (χ1v) is 13.2. The number of carboxylic acid groups (broad SMARTS) is 1. The molecule has 0 fully saturated rings. The van der Waals surface area contributed by atoms with E-state index in [9.17, 15) is 9.90 Å². The van der Waals surface area contributed by atoms with Crippen molar-refractivity contribution in [1.29, 1.82) is 0 Å². The Hall–Kier alpha value is -3.76. The first-order chi connectivity index (χ1) is 18.1. The molecule has 194 valence electrons. The number of nitrogens with zero attached hydrogens (tertiary/aromatic N) is 1. The highest BCUT2D eigenvalue weighted by Crippen LogP contribution is 2.41. The van der Waals surface area contributed by atoms with Crippen LogP contribution in [-0.4, -0.2) is 15.6 Å². The number of hydrogen-bond acceptors (Lipinski definition) is 2. The van der Waals surface area contributed by atoms with Crippen molar-refractivity contribution in [2.24, 2.45) is 5.41 Å². The first-order valence-electron chi connectivity index (χ1n) is 12.9. The van der Waals surface area contributed by atoms with Crippen molar-refractivity contribution in [2.45, 2.75) is 46.8 Å². The zero-order valence-corrected chi connectivity index (χ0v) is 22.9. The van der Waals surface area contributed by atoms with E-state index in [1.165, 1.54) is 10.8 Å². The summed E-state index contributed by atoms with van der Waals surface area (Å²) in [6.45, 7) is 8.76. The van der Waals surface area contributed by atoms with Crippen molar-refractivity contribution in [3.05, 3.63) is 112 Å². The van der Waals surface area contributed by atoms with Gasteiger partial charge in [0, 0.05) is 34.1 Å². The van der Waals surface area contributed by atoms with Gasteiger partial charge in [-0.2, -0.15) is 0 Å². The Balaban J connectivity index is 1.52. The van der Waals surface area contributed by atoms with Gasteiger partial charge in [0.1, 0.15) is 12.4 Å². The molecule has 1 N–H and O–H groups in total. The van der Waals surface area contributed by atoms with Crippen LogP contribution in [0.15, 0.2) is 84.9 Å². The lowest BCUT2D eigenvalue weighted by Gasteiger charge is -2.29. The van der Waals surface area contributed by atoms with Gasteiger partial charge in [-0.3, -0.25) is 4.79 Å². The van der Waals surface area contributed by atoms with Crippen LogP contribution in [-0.2, 0) is 17.9 Å². The molecule has 0 saturated heterocycles. The molecule has 38 heavy (non-hydrogen) atoms. The van der Waals surface area contributed by atoms with Gasteiger partial charge in [0.2, 0.25) is 0 Å². The van der Waals surface area contributed by atoms with Gasteiger partial charge in [-0.05, 0) is 84.6 Å². The number of aromatic nitrogens is 1. The molecular weight excluding hydrogens is 494 g/mol. The molecule has 4 aromatic carbocycles. The van der Waals surface area contributed by atoms with Crippen LogP contribution >= 0.6 is 11.6 Å². The number of benzene rings is 4. The van der Waals surface area contributed by atoms with E-state index in [-0.39, 0.29) is 5.92 Å². The number of halogens is 1. The number of aryl methyl sites for hydroxylation is 1. The molecule has 0 amide bonds. The molecular formula is C33H32ClNO3. The van der Waals surface area contributed by atoms with E-state index in [1.807, 2.05) is 49.4 Å². The minimum atomic E-state index is -0.938. The molecule has 5 rings (SSSR count). The highest BCUT2D eigenvalue weighted by Gasteiger charge is 2.38. The zero-order valence-electron chi connectivity index (χ0n) is 22.2. The van der Waals surface area contributed by atoms with Crippen LogP contribution in [0.4, 0.5) is 0 Å². The summed E-state index contributed by atoms with van der Waals surface area (Å²) >= 11 is 6.12. The van der Waals surface area contributed by atoms with Gasteiger partial charge in [0.25, 0.3) is 0 Å². The molecule has 0 aliphatic rings. The lowest BCUT2D eigenvalue weighted by atomic mass is 9.77. The Morgan fingerprint density at radius 2 is 1.63 bits per heavy atom. The van der Waals surface area contributed by atoms with E-state index >= 15 is 0 Å². The van der Waals surface area contributed by atoms with Crippen molar-refractivity contribution < 1.29 is 14.6 Å². The Morgan fingerprint density at radius 3 is 2.34 bits per heavy atom.